The van der Waals surface area contributed by atoms with E-state index in [9.17, 15) is 25.3 Å². The van der Waals surface area contributed by atoms with E-state index in [0.717, 1.165) is 29.7 Å². The first-order valence-electron chi connectivity index (χ1n) is 4.89. The second-order valence-corrected chi connectivity index (χ2v) is 8.86. The van der Waals surface area contributed by atoms with Crippen LogP contribution in [-0.2, 0) is 30.4 Å². The molecule has 1 aromatic rings. The Balaban J connectivity index is 0.00000529. The smallest absolute Gasteiger partial charge is 0.432 e. The highest BCUT2D eigenvalue weighted by molar-refractivity contribution is 14.1. The number of rotatable bonds is 4. The molecular formula is C7H6ClIN2O10S3. The highest BCUT2D eigenvalue weighted by Crippen LogP contribution is 2.46. The van der Waals surface area contributed by atoms with Crippen molar-refractivity contribution in [3.8, 4) is 5.75 Å². The van der Waals surface area contributed by atoms with Crippen LogP contribution in [0.5, 0.6) is 5.75 Å². The number of benzene rings is 1. The van der Waals surface area contributed by atoms with Gasteiger partial charge in [0.05, 0.1) is 10.7 Å². The third-order valence-corrected chi connectivity index (χ3v) is 6.58. The van der Waals surface area contributed by atoms with Gasteiger partial charge in [-0.25, -0.2) is 0 Å². The third kappa shape index (κ3) is 4.23. The number of diazo groups is 1. The lowest BCUT2D eigenvalue weighted by atomic mass is 10.3. The Bertz CT molecular complexity index is 1040. The van der Waals surface area contributed by atoms with Crippen LogP contribution in [-0.4, -0.2) is 46.0 Å². The maximum atomic E-state index is 11.4. The lowest BCUT2D eigenvalue weighted by Crippen LogP contribution is -3.00. The van der Waals surface area contributed by atoms with Crippen LogP contribution in [0.15, 0.2) is 14.7 Å². The zero-order chi connectivity index (χ0) is 18.4. The molecule has 0 amide bonds. The number of hydrogen-bond acceptors (Lipinski definition) is 8. The standard InChI is InChI=1S/C7H5IN2O10S3.ClH/c1-20-4-2(8)5(21(11,12)13)7(23(17,18)19)3(10-9)6(4)22(14,15)16;/h1H3,(H2-,11,12,13,14,15,16,17,18,19);1H. The number of methoxy groups -OCH3 is 1. The summed E-state index contributed by atoms with van der Waals surface area (Å²) < 4.78 is 99.6. The number of hydrogen-bond donors (Lipinski definition) is 3. The molecule has 0 fully saturated rings. The largest absolute Gasteiger partial charge is 1.00 e. The summed E-state index contributed by atoms with van der Waals surface area (Å²) in [6.45, 7) is 0. The van der Waals surface area contributed by atoms with Crippen molar-refractivity contribution in [2.45, 2.75) is 14.7 Å². The van der Waals surface area contributed by atoms with Gasteiger partial charge in [-0.15, -0.1) is 0 Å². The molecule has 24 heavy (non-hydrogen) atoms. The summed E-state index contributed by atoms with van der Waals surface area (Å²) in [5.74, 6) is -0.930. The number of nitrogens with zero attached hydrogens (tertiary/aromatic N) is 2. The van der Waals surface area contributed by atoms with Crippen molar-refractivity contribution in [3.63, 3.8) is 0 Å². The van der Waals surface area contributed by atoms with Crippen LogP contribution in [0.3, 0.4) is 0 Å². The Morgan fingerprint density at radius 3 is 1.54 bits per heavy atom. The van der Waals surface area contributed by atoms with Gasteiger partial charge in [-0.3, -0.25) is 13.7 Å². The normalized spacial score (nSPS) is 12.2. The van der Waals surface area contributed by atoms with Gasteiger partial charge in [0.1, 0.15) is 4.90 Å². The minimum absolute atomic E-state index is 0. The van der Waals surface area contributed by atoms with E-state index in [2.05, 4.69) is 9.71 Å². The van der Waals surface area contributed by atoms with Crippen molar-refractivity contribution in [3.05, 3.63) is 8.55 Å². The predicted octanol–water partition coefficient (Wildman–Crippen LogP) is -2.47. The monoisotopic (exact) mass is 536 g/mol. The molecule has 0 unspecified atom stereocenters. The molecule has 12 nitrogen and oxygen atoms in total. The summed E-state index contributed by atoms with van der Waals surface area (Å²) in [5.41, 5.74) is -1.56. The molecule has 0 spiro atoms. The fourth-order valence-corrected chi connectivity index (χ4v) is 6.44. The molecule has 0 aliphatic carbocycles. The Morgan fingerprint density at radius 2 is 1.29 bits per heavy atom. The van der Waals surface area contributed by atoms with Gasteiger partial charge in [0.15, 0.2) is 10.7 Å². The van der Waals surface area contributed by atoms with Crippen LogP contribution in [0, 0.1) is 8.96 Å². The average molecular weight is 537 g/mol. The summed E-state index contributed by atoms with van der Waals surface area (Å²) in [6, 6.07) is 0. The first kappa shape index (κ1) is 23.2. The molecule has 0 bridgehead atoms. The van der Waals surface area contributed by atoms with Gasteiger partial charge in [0.25, 0.3) is 10.1 Å². The highest BCUT2D eigenvalue weighted by atomic mass is 127. The fraction of sp³-hybridized carbons (Fsp3) is 0.143. The zero-order valence-corrected chi connectivity index (χ0v) is 16.4. The van der Waals surface area contributed by atoms with Crippen LogP contribution >= 0.6 is 22.6 Å². The van der Waals surface area contributed by atoms with Crippen LogP contribution in [0.4, 0.5) is 5.69 Å². The zero-order valence-electron chi connectivity index (χ0n) is 11.1. The Hall–Kier alpha value is -0.810. The van der Waals surface area contributed by atoms with Crippen molar-refractivity contribution in [2.24, 2.45) is 0 Å². The predicted molar refractivity (Wildman–Crippen MR) is 79.9 cm³/mol. The van der Waals surface area contributed by atoms with E-state index in [1.807, 2.05) is 0 Å². The van der Waals surface area contributed by atoms with E-state index in [1.54, 1.807) is 0 Å². The molecule has 1 aromatic carbocycles. The van der Waals surface area contributed by atoms with Gasteiger partial charge >= 0.3 is 25.9 Å². The van der Waals surface area contributed by atoms with Crippen LogP contribution in [0.2, 0.25) is 0 Å². The molecule has 3 N–H and O–H groups in total. The Labute approximate surface area is 155 Å². The van der Waals surface area contributed by atoms with Gasteiger partial charge < -0.3 is 17.1 Å². The number of ether oxygens (including phenoxy) is 1. The van der Waals surface area contributed by atoms with Crippen molar-refractivity contribution >= 4 is 58.6 Å². The van der Waals surface area contributed by atoms with Gasteiger partial charge in [-0.05, 0) is 22.6 Å². The lowest BCUT2D eigenvalue weighted by Gasteiger charge is -2.12. The van der Waals surface area contributed by atoms with Gasteiger partial charge in [-0.1, -0.05) is 0 Å². The first-order chi connectivity index (χ1) is 10.2. The molecule has 136 valence electrons. The quantitative estimate of drug-likeness (QED) is 0.209. The summed E-state index contributed by atoms with van der Waals surface area (Å²) in [4.78, 5) is -2.37. The van der Waals surface area contributed by atoms with Crippen LogP contribution < -0.4 is 17.1 Å². The summed E-state index contributed by atoms with van der Waals surface area (Å²) in [6.07, 6.45) is 0. The molecule has 0 aromatic heterocycles. The van der Waals surface area contributed by atoms with E-state index in [4.69, 9.17) is 19.1 Å². The molecule has 17 heteroatoms. The molecule has 0 aliphatic heterocycles. The minimum atomic E-state index is -5.52. The van der Waals surface area contributed by atoms with E-state index >= 15 is 0 Å². The third-order valence-electron chi connectivity index (χ3n) is 2.32. The number of halogens is 2. The Morgan fingerprint density at radius 1 is 0.917 bits per heavy atom. The minimum Gasteiger partial charge on any atom is -1.00 e. The van der Waals surface area contributed by atoms with E-state index in [1.165, 1.54) is 0 Å². The molecule has 0 saturated heterocycles. The highest BCUT2D eigenvalue weighted by Gasteiger charge is 2.46. The van der Waals surface area contributed by atoms with Gasteiger partial charge in [0.2, 0.25) is 15.2 Å². The summed E-state index contributed by atoms with van der Waals surface area (Å²) in [5, 5.41) is 8.87. The molecule has 0 atom stereocenters. The maximum absolute atomic E-state index is 11.4. The maximum Gasteiger partial charge on any atom is 0.432 e. The van der Waals surface area contributed by atoms with Crippen LogP contribution in [0.25, 0.3) is 4.98 Å². The summed E-state index contributed by atoms with van der Waals surface area (Å²) >= 11 is 1.09. The van der Waals surface area contributed by atoms with E-state index in [0.29, 0.717) is 0 Å². The van der Waals surface area contributed by atoms with Gasteiger partial charge in [-0.2, -0.15) is 25.3 Å². The Kier molecular flexibility index (Phi) is 6.96. The van der Waals surface area contributed by atoms with E-state index in [-0.39, 0.29) is 12.4 Å². The molecule has 0 aliphatic rings. The second-order valence-electron chi connectivity index (χ2n) is 3.71. The van der Waals surface area contributed by atoms with Crippen LogP contribution in [0.1, 0.15) is 0 Å². The fourth-order valence-electron chi connectivity index (χ4n) is 1.60. The van der Waals surface area contributed by atoms with Crippen molar-refractivity contribution in [2.75, 3.05) is 7.11 Å². The van der Waals surface area contributed by atoms with Gasteiger partial charge in [0, 0.05) is 0 Å². The molecule has 0 saturated carbocycles. The lowest BCUT2D eigenvalue weighted by molar-refractivity contribution is -0.0000175. The van der Waals surface area contributed by atoms with Crippen molar-refractivity contribution in [1.29, 1.82) is 5.39 Å². The summed E-state index contributed by atoms with van der Waals surface area (Å²) in [7, 11) is -15.3. The SMILES string of the molecule is COc1c(I)c(S(=O)(=O)O)c(S(=O)(=O)O)c([N+]#N)c1S(=O)(=O)O.[Cl-]. The molecule has 1 rings (SSSR count). The second kappa shape index (κ2) is 7.20. The average Bonchev–Trinajstić information content (AvgIpc) is 2.33. The van der Waals surface area contributed by atoms with Crippen molar-refractivity contribution < 1.29 is 56.1 Å². The topological polar surface area (TPSA) is 200 Å². The molecular weight excluding hydrogens is 531 g/mol. The molecule has 0 heterocycles. The first-order valence-corrected chi connectivity index (χ1v) is 10.3. The van der Waals surface area contributed by atoms with Crippen molar-refractivity contribution in [1.82, 2.24) is 0 Å². The van der Waals surface area contributed by atoms with E-state index < -0.39 is 60.0 Å². The molecule has 0 radical (unpaired) electrons.